The largest absolute Gasteiger partial charge is 0.444 e. The molecule has 1 aromatic heterocycles. The summed E-state index contributed by atoms with van der Waals surface area (Å²) in [5, 5.41) is 0.168. The predicted octanol–water partition coefficient (Wildman–Crippen LogP) is 6.18. The van der Waals surface area contributed by atoms with Gasteiger partial charge in [0.2, 0.25) is 0 Å². The molecule has 5 rings (SSSR count). The third kappa shape index (κ3) is 6.06. The van der Waals surface area contributed by atoms with Crippen LogP contribution in [0.1, 0.15) is 40.2 Å². The zero-order valence-corrected chi connectivity index (χ0v) is 25.6. The zero-order valence-electron chi connectivity index (χ0n) is 24.8. The molecule has 13 heteroatoms. The maximum Gasteiger partial charge on any atom is 0.417 e. The van der Waals surface area contributed by atoms with Crippen LogP contribution in [0.5, 0.6) is 0 Å². The molecule has 1 saturated heterocycles. The molecule has 3 heterocycles. The Morgan fingerprint density at radius 1 is 1.05 bits per heavy atom. The first-order valence-corrected chi connectivity index (χ1v) is 14.9. The molecule has 2 aliphatic rings. The summed E-state index contributed by atoms with van der Waals surface area (Å²) in [4.78, 5) is 34.5. The van der Waals surface area contributed by atoms with Gasteiger partial charge in [-0.1, -0.05) is 12.1 Å². The number of halogens is 4. The lowest BCUT2D eigenvalue weighted by atomic mass is 9.96. The average Bonchev–Trinajstić information content (AvgIpc) is 3.11. The molecule has 232 valence electrons. The highest BCUT2D eigenvalue weighted by Gasteiger charge is 2.40. The summed E-state index contributed by atoms with van der Waals surface area (Å²) in [6.07, 6.45) is -5.72. The topological polar surface area (TPSA) is 76.9 Å². The molecule has 0 saturated carbocycles. The number of thioether (sulfide) groups is 1. The standard InChI is InChI=1S/C30H34F4N4O4S/c1-16-13-37(28(40)42-29(3,4)5)17(2)12-36(16)26-21-11-22(30(32,33)34)23(18-7-9-19(31)10-8-18)25-24(21)38(27(39)35-26)14-20(41-6)15-43-25/h7-11,16-17,20H,12-15H2,1-6H3/t16-,17+,20-/m0/s1. The molecule has 43 heavy (non-hydrogen) atoms. The maximum atomic E-state index is 14.8. The van der Waals surface area contributed by atoms with Crippen molar-refractivity contribution < 1.29 is 31.8 Å². The SMILES string of the molecule is CO[C@@H]1CSc2c(-c3ccc(F)cc3)c(C(F)(F)F)cc3c(N4C[C@@H](C)N(C(=O)OC(C)(C)C)C[C@@H]4C)nc(=O)n(c23)C1. The van der Waals surface area contributed by atoms with E-state index in [0.717, 1.165) is 18.2 Å². The summed E-state index contributed by atoms with van der Waals surface area (Å²) in [6, 6.07) is 5.12. The number of hydrogen-bond donors (Lipinski definition) is 0. The van der Waals surface area contributed by atoms with Crippen LogP contribution < -0.4 is 10.6 Å². The minimum atomic E-state index is -4.77. The lowest BCUT2D eigenvalue weighted by Crippen LogP contribution is -2.59. The Kier molecular flexibility index (Phi) is 8.18. The number of benzene rings is 2. The molecular weight excluding hydrogens is 588 g/mol. The summed E-state index contributed by atoms with van der Waals surface area (Å²) in [7, 11) is 1.49. The van der Waals surface area contributed by atoms with Crippen molar-refractivity contribution in [1.82, 2.24) is 14.5 Å². The number of ether oxygens (including phenoxy) is 2. The van der Waals surface area contributed by atoms with Gasteiger partial charge in [0, 0.05) is 53.9 Å². The van der Waals surface area contributed by atoms with Crippen molar-refractivity contribution in [2.75, 3.05) is 30.9 Å². The Morgan fingerprint density at radius 2 is 1.72 bits per heavy atom. The summed E-state index contributed by atoms with van der Waals surface area (Å²) < 4.78 is 70.8. The van der Waals surface area contributed by atoms with E-state index in [1.165, 1.54) is 35.6 Å². The highest BCUT2D eigenvalue weighted by atomic mass is 32.2. The first-order chi connectivity index (χ1) is 20.1. The number of methoxy groups -OCH3 is 1. The summed E-state index contributed by atoms with van der Waals surface area (Å²) >= 11 is 1.17. The number of amides is 1. The first-order valence-electron chi connectivity index (χ1n) is 14.0. The Balaban J connectivity index is 1.74. The Morgan fingerprint density at radius 3 is 2.33 bits per heavy atom. The second-order valence-electron chi connectivity index (χ2n) is 12.0. The number of rotatable bonds is 3. The van der Waals surface area contributed by atoms with Crippen LogP contribution in [-0.4, -0.2) is 70.3 Å². The summed E-state index contributed by atoms with van der Waals surface area (Å²) in [6.45, 7) is 9.50. The molecule has 0 bridgehead atoms. The fourth-order valence-corrected chi connectivity index (χ4v) is 6.94. The van der Waals surface area contributed by atoms with Gasteiger partial charge in [-0.2, -0.15) is 18.2 Å². The van der Waals surface area contributed by atoms with Gasteiger partial charge in [-0.05, 0) is 58.4 Å². The predicted molar refractivity (Wildman–Crippen MR) is 157 cm³/mol. The molecule has 3 aromatic rings. The van der Waals surface area contributed by atoms with E-state index >= 15 is 0 Å². The van der Waals surface area contributed by atoms with Crippen molar-refractivity contribution in [2.24, 2.45) is 0 Å². The third-order valence-electron chi connectivity index (χ3n) is 7.66. The number of piperazine rings is 1. The van der Waals surface area contributed by atoms with E-state index in [2.05, 4.69) is 4.98 Å². The van der Waals surface area contributed by atoms with Crippen molar-refractivity contribution in [2.45, 2.75) is 76.0 Å². The van der Waals surface area contributed by atoms with Crippen LogP contribution in [0.3, 0.4) is 0 Å². The molecule has 0 N–H and O–H groups in total. The molecule has 1 amide bonds. The van der Waals surface area contributed by atoms with Gasteiger partial charge >= 0.3 is 18.0 Å². The van der Waals surface area contributed by atoms with Gasteiger partial charge in [-0.25, -0.2) is 14.0 Å². The number of aromatic nitrogens is 2. The number of nitrogens with zero attached hydrogens (tertiary/aromatic N) is 4. The van der Waals surface area contributed by atoms with Crippen LogP contribution in [0.4, 0.5) is 28.2 Å². The molecule has 2 aromatic carbocycles. The number of carbonyl (C=O) groups excluding carboxylic acids is 1. The van der Waals surface area contributed by atoms with Crippen molar-refractivity contribution in [3.8, 4) is 11.1 Å². The molecule has 1 fully saturated rings. The van der Waals surface area contributed by atoms with E-state index in [4.69, 9.17) is 9.47 Å². The normalized spacial score (nSPS) is 21.2. The Labute approximate surface area is 251 Å². The molecule has 0 spiro atoms. The number of anilines is 1. The van der Waals surface area contributed by atoms with Crippen LogP contribution in [0.2, 0.25) is 0 Å². The fraction of sp³-hybridized carbons (Fsp3) is 0.500. The third-order valence-corrected chi connectivity index (χ3v) is 8.88. The number of carbonyl (C=O) groups is 1. The molecular formula is C30H34F4N4O4S. The van der Waals surface area contributed by atoms with E-state index in [0.29, 0.717) is 11.3 Å². The summed E-state index contributed by atoms with van der Waals surface area (Å²) in [5.74, 6) is -0.166. The Hall–Kier alpha value is -3.32. The van der Waals surface area contributed by atoms with Crippen LogP contribution in [0, 0.1) is 5.82 Å². The van der Waals surface area contributed by atoms with Crippen molar-refractivity contribution in [1.29, 1.82) is 0 Å². The van der Waals surface area contributed by atoms with Crippen molar-refractivity contribution in [3.63, 3.8) is 0 Å². The smallest absolute Gasteiger partial charge is 0.417 e. The van der Waals surface area contributed by atoms with Gasteiger partial charge in [0.15, 0.2) is 0 Å². The van der Waals surface area contributed by atoms with Crippen LogP contribution in [-0.2, 0) is 22.2 Å². The van der Waals surface area contributed by atoms with Gasteiger partial charge in [0.05, 0.1) is 23.7 Å². The fourth-order valence-electron chi connectivity index (χ4n) is 5.62. The van der Waals surface area contributed by atoms with Crippen molar-refractivity contribution in [3.05, 3.63) is 52.2 Å². The molecule has 0 radical (unpaired) electrons. The van der Waals surface area contributed by atoms with Gasteiger partial charge in [-0.3, -0.25) is 4.57 Å². The second-order valence-corrected chi connectivity index (χ2v) is 13.0. The Bertz CT molecular complexity index is 1600. The highest BCUT2D eigenvalue weighted by molar-refractivity contribution is 7.99. The van der Waals surface area contributed by atoms with Crippen LogP contribution in [0.25, 0.3) is 22.0 Å². The maximum absolute atomic E-state index is 14.8. The molecule has 8 nitrogen and oxygen atoms in total. The number of hydrogen-bond acceptors (Lipinski definition) is 7. The van der Waals surface area contributed by atoms with E-state index in [9.17, 15) is 27.2 Å². The van der Waals surface area contributed by atoms with Crippen LogP contribution >= 0.6 is 11.8 Å². The quantitative estimate of drug-likeness (QED) is 0.323. The minimum absolute atomic E-state index is 0.103. The van der Waals surface area contributed by atoms with Crippen LogP contribution in [0.15, 0.2) is 40.0 Å². The van der Waals surface area contributed by atoms with Gasteiger partial charge in [0.1, 0.15) is 17.2 Å². The molecule has 0 unspecified atom stereocenters. The van der Waals surface area contributed by atoms with E-state index in [-0.39, 0.29) is 52.9 Å². The lowest BCUT2D eigenvalue weighted by Gasteiger charge is -2.45. The minimum Gasteiger partial charge on any atom is -0.444 e. The summed E-state index contributed by atoms with van der Waals surface area (Å²) in [5.41, 5.74) is -1.85. The highest BCUT2D eigenvalue weighted by Crippen LogP contribution is 2.48. The molecule has 0 aliphatic carbocycles. The average molecular weight is 623 g/mol. The first kappa shape index (κ1) is 31.1. The van der Waals surface area contributed by atoms with Crippen molar-refractivity contribution >= 4 is 34.6 Å². The zero-order chi connectivity index (χ0) is 31.4. The number of alkyl halides is 3. The molecule has 2 aliphatic heterocycles. The van der Waals surface area contributed by atoms with Gasteiger partial charge in [-0.15, -0.1) is 11.8 Å². The van der Waals surface area contributed by atoms with Gasteiger partial charge < -0.3 is 19.3 Å². The lowest BCUT2D eigenvalue weighted by molar-refractivity contribution is -0.137. The second kappa shape index (κ2) is 11.3. The van der Waals surface area contributed by atoms with E-state index < -0.39 is 47.1 Å². The monoisotopic (exact) mass is 622 g/mol. The van der Waals surface area contributed by atoms with Gasteiger partial charge in [0.25, 0.3) is 0 Å². The van der Waals surface area contributed by atoms with E-state index in [1.807, 2.05) is 13.8 Å². The molecule has 3 atom stereocenters. The van der Waals surface area contributed by atoms with E-state index in [1.54, 1.807) is 30.6 Å².